The number of aliphatic hydroxyl groups excluding tert-OH is 1. The van der Waals surface area contributed by atoms with Crippen molar-refractivity contribution >= 4 is 0 Å². The molecule has 2 heteroatoms. The molecular formula is C8H11NO. The van der Waals surface area contributed by atoms with E-state index in [2.05, 4.69) is 6.07 Å². The van der Waals surface area contributed by atoms with Crippen molar-refractivity contribution in [1.82, 2.24) is 0 Å². The first-order valence-electron chi connectivity index (χ1n) is 3.57. The Hall–Kier alpha value is -0.810. The molecule has 0 radical (unpaired) electrons. The summed E-state index contributed by atoms with van der Waals surface area (Å²) in [7, 11) is 0. The zero-order valence-electron chi connectivity index (χ0n) is 5.88. The summed E-state index contributed by atoms with van der Waals surface area (Å²) in [6, 6.07) is 2.08. The van der Waals surface area contributed by atoms with Crippen LogP contribution in [0.3, 0.4) is 0 Å². The number of hydrogen-bond donors (Lipinski definition) is 1. The predicted molar refractivity (Wildman–Crippen MR) is 38.2 cm³/mol. The molecule has 0 saturated heterocycles. The van der Waals surface area contributed by atoms with Crippen LogP contribution in [0, 0.1) is 11.3 Å². The third kappa shape index (κ3) is 1.85. The minimum atomic E-state index is -0.294. The van der Waals surface area contributed by atoms with Crippen molar-refractivity contribution in [2.45, 2.75) is 31.8 Å². The van der Waals surface area contributed by atoms with Gasteiger partial charge in [-0.2, -0.15) is 5.26 Å². The van der Waals surface area contributed by atoms with E-state index in [0.29, 0.717) is 6.42 Å². The minimum Gasteiger partial charge on any atom is -0.389 e. The topological polar surface area (TPSA) is 44.0 Å². The SMILES string of the molecule is N#CCC1=CC(O)CCC1. The van der Waals surface area contributed by atoms with E-state index in [1.807, 2.05) is 6.08 Å². The van der Waals surface area contributed by atoms with Gasteiger partial charge in [0.15, 0.2) is 0 Å². The van der Waals surface area contributed by atoms with E-state index in [4.69, 9.17) is 10.4 Å². The molecule has 10 heavy (non-hydrogen) atoms. The Labute approximate surface area is 60.8 Å². The third-order valence-corrected chi connectivity index (χ3v) is 1.73. The van der Waals surface area contributed by atoms with E-state index in [1.54, 1.807) is 0 Å². The standard InChI is InChI=1S/C8H11NO/c9-5-4-7-2-1-3-8(10)6-7/h6,8,10H,1-4H2. The molecular weight excluding hydrogens is 126 g/mol. The Morgan fingerprint density at radius 3 is 3.20 bits per heavy atom. The lowest BCUT2D eigenvalue weighted by atomic mass is 9.96. The largest absolute Gasteiger partial charge is 0.389 e. The second-order valence-corrected chi connectivity index (χ2v) is 2.62. The fourth-order valence-electron chi connectivity index (χ4n) is 1.23. The predicted octanol–water partition coefficient (Wildman–Crippen LogP) is 1.37. The van der Waals surface area contributed by atoms with Gasteiger partial charge in [0, 0.05) is 0 Å². The van der Waals surface area contributed by atoms with Gasteiger partial charge in [-0.05, 0) is 19.3 Å². The number of rotatable bonds is 1. The van der Waals surface area contributed by atoms with E-state index in [0.717, 1.165) is 24.8 Å². The van der Waals surface area contributed by atoms with Crippen molar-refractivity contribution in [3.8, 4) is 6.07 Å². The zero-order chi connectivity index (χ0) is 7.40. The summed E-state index contributed by atoms with van der Waals surface area (Å²) in [6.07, 6.45) is 4.87. The van der Waals surface area contributed by atoms with Gasteiger partial charge in [0.05, 0.1) is 18.6 Å². The second-order valence-electron chi connectivity index (χ2n) is 2.62. The monoisotopic (exact) mass is 137 g/mol. The first-order valence-corrected chi connectivity index (χ1v) is 3.57. The van der Waals surface area contributed by atoms with Crippen LogP contribution >= 0.6 is 0 Å². The van der Waals surface area contributed by atoms with Gasteiger partial charge >= 0.3 is 0 Å². The van der Waals surface area contributed by atoms with E-state index in [9.17, 15) is 0 Å². The molecule has 0 aromatic heterocycles. The highest BCUT2D eigenvalue weighted by Gasteiger charge is 2.09. The molecule has 54 valence electrons. The van der Waals surface area contributed by atoms with Crippen LogP contribution in [0.4, 0.5) is 0 Å². The molecule has 0 spiro atoms. The van der Waals surface area contributed by atoms with Crippen LogP contribution in [0.25, 0.3) is 0 Å². The molecule has 0 heterocycles. The third-order valence-electron chi connectivity index (χ3n) is 1.73. The van der Waals surface area contributed by atoms with Crippen LogP contribution in [-0.2, 0) is 0 Å². The lowest BCUT2D eigenvalue weighted by Gasteiger charge is -2.14. The summed E-state index contributed by atoms with van der Waals surface area (Å²) < 4.78 is 0. The second kappa shape index (κ2) is 3.38. The molecule has 0 fully saturated rings. The Kier molecular flexibility index (Phi) is 2.47. The van der Waals surface area contributed by atoms with Crippen LogP contribution in [0.1, 0.15) is 25.7 Å². The lowest BCUT2D eigenvalue weighted by molar-refractivity contribution is 0.202. The molecule has 2 nitrogen and oxygen atoms in total. The molecule has 1 aliphatic carbocycles. The summed E-state index contributed by atoms with van der Waals surface area (Å²) in [5.41, 5.74) is 1.10. The van der Waals surface area contributed by atoms with Gasteiger partial charge in [-0.3, -0.25) is 0 Å². The number of aliphatic hydroxyl groups is 1. The van der Waals surface area contributed by atoms with Gasteiger partial charge < -0.3 is 5.11 Å². The van der Waals surface area contributed by atoms with E-state index < -0.39 is 0 Å². The summed E-state index contributed by atoms with van der Waals surface area (Å²) >= 11 is 0. The maximum Gasteiger partial charge on any atom is 0.0724 e. The van der Waals surface area contributed by atoms with Crippen molar-refractivity contribution in [3.63, 3.8) is 0 Å². The van der Waals surface area contributed by atoms with Gasteiger partial charge in [-0.25, -0.2) is 0 Å². The van der Waals surface area contributed by atoms with Gasteiger partial charge in [-0.1, -0.05) is 11.6 Å². The fourth-order valence-corrected chi connectivity index (χ4v) is 1.23. The van der Waals surface area contributed by atoms with Gasteiger partial charge in [0.1, 0.15) is 0 Å². The Bertz CT molecular complexity index is 178. The molecule has 0 saturated carbocycles. The number of nitriles is 1. The molecule has 1 unspecified atom stereocenters. The Morgan fingerprint density at radius 1 is 1.80 bits per heavy atom. The van der Waals surface area contributed by atoms with E-state index in [-0.39, 0.29) is 6.10 Å². The molecule has 1 atom stereocenters. The highest BCUT2D eigenvalue weighted by atomic mass is 16.3. The van der Waals surface area contributed by atoms with Crippen LogP contribution in [-0.4, -0.2) is 11.2 Å². The van der Waals surface area contributed by atoms with E-state index >= 15 is 0 Å². The van der Waals surface area contributed by atoms with Crippen molar-refractivity contribution in [2.24, 2.45) is 0 Å². The number of allylic oxidation sites excluding steroid dienone is 1. The summed E-state index contributed by atoms with van der Waals surface area (Å²) in [5.74, 6) is 0. The van der Waals surface area contributed by atoms with Crippen LogP contribution in [0.5, 0.6) is 0 Å². The van der Waals surface area contributed by atoms with Crippen molar-refractivity contribution in [2.75, 3.05) is 0 Å². The summed E-state index contributed by atoms with van der Waals surface area (Å²) in [5, 5.41) is 17.5. The van der Waals surface area contributed by atoms with Crippen molar-refractivity contribution in [1.29, 1.82) is 5.26 Å². The maximum absolute atomic E-state index is 9.12. The minimum absolute atomic E-state index is 0.294. The summed E-state index contributed by atoms with van der Waals surface area (Å²) in [4.78, 5) is 0. The maximum atomic E-state index is 9.12. The highest BCUT2D eigenvalue weighted by Crippen LogP contribution is 2.19. The molecule has 0 aliphatic heterocycles. The molecule has 0 amide bonds. The molecule has 0 bridgehead atoms. The van der Waals surface area contributed by atoms with Gasteiger partial charge in [0.2, 0.25) is 0 Å². The molecule has 1 N–H and O–H groups in total. The molecule has 1 rings (SSSR count). The van der Waals surface area contributed by atoms with Crippen molar-refractivity contribution < 1.29 is 5.11 Å². The Morgan fingerprint density at radius 2 is 2.60 bits per heavy atom. The first kappa shape index (κ1) is 7.30. The van der Waals surface area contributed by atoms with Gasteiger partial charge in [-0.15, -0.1) is 0 Å². The number of nitrogens with zero attached hydrogens (tertiary/aromatic N) is 1. The normalized spacial score (nSPS) is 25.2. The quantitative estimate of drug-likeness (QED) is 0.555. The zero-order valence-corrected chi connectivity index (χ0v) is 5.88. The average Bonchev–Trinajstić information content (AvgIpc) is 1.88. The highest BCUT2D eigenvalue weighted by molar-refractivity contribution is 5.12. The van der Waals surface area contributed by atoms with Crippen LogP contribution in [0.2, 0.25) is 0 Å². The Balaban J connectivity index is 2.50. The average molecular weight is 137 g/mol. The molecule has 0 aromatic rings. The smallest absolute Gasteiger partial charge is 0.0724 e. The molecule has 0 aromatic carbocycles. The van der Waals surface area contributed by atoms with Crippen LogP contribution in [0.15, 0.2) is 11.6 Å². The fraction of sp³-hybridized carbons (Fsp3) is 0.625. The van der Waals surface area contributed by atoms with E-state index in [1.165, 1.54) is 0 Å². The number of hydrogen-bond acceptors (Lipinski definition) is 2. The first-order chi connectivity index (χ1) is 4.83. The van der Waals surface area contributed by atoms with Crippen molar-refractivity contribution in [3.05, 3.63) is 11.6 Å². The van der Waals surface area contributed by atoms with Gasteiger partial charge in [0.25, 0.3) is 0 Å². The summed E-state index contributed by atoms with van der Waals surface area (Å²) in [6.45, 7) is 0. The van der Waals surface area contributed by atoms with Crippen LogP contribution < -0.4 is 0 Å². The lowest BCUT2D eigenvalue weighted by Crippen LogP contribution is -2.08. The molecule has 1 aliphatic rings.